The summed E-state index contributed by atoms with van der Waals surface area (Å²) >= 11 is 12.0. The van der Waals surface area contributed by atoms with Crippen LogP contribution in [0.4, 0.5) is 10.5 Å². The first-order valence-corrected chi connectivity index (χ1v) is 6.31. The van der Waals surface area contributed by atoms with E-state index in [1.807, 2.05) is 19.0 Å². The van der Waals surface area contributed by atoms with E-state index in [2.05, 4.69) is 5.32 Å². The second-order valence-electron chi connectivity index (χ2n) is 4.03. The van der Waals surface area contributed by atoms with Gasteiger partial charge in [0.1, 0.15) is 12.4 Å². The zero-order valence-corrected chi connectivity index (χ0v) is 12.5. The summed E-state index contributed by atoms with van der Waals surface area (Å²) in [6, 6.07) is 3.12. The maximum atomic E-state index is 11.6. The third-order valence-corrected chi connectivity index (χ3v) is 2.85. The molecule has 0 bridgehead atoms. The molecule has 0 fully saturated rings. The van der Waals surface area contributed by atoms with Gasteiger partial charge in [-0.15, -0.1) is 0 Å². The highest BCUT2D eigenvalue weighted by atomic mass is 35.5. The predicted molar refractivity (Wildman–Crippen MR) is 76.5 cm³/mol. The van der Waals surface area contributed by atoms with E-state index in [1.54, 1.807) is 12.1 Å². The second-order valence-corrected chi connectivity index (χ2v) is 4.84. The van der Waals surface area contributed by atoms with Crippen molar-refractivity contribution in [2.24, 2.45) is 0 Å². The molecule has 1 aromatic carbocycles. The zero-order chi connectivity index (χ0) is 14.4. The molecule has 0 unspecified atom stereocenters. The van der Waals surface area contributed by atoms with E-state index in [1.165, 1.54) is 7.11 Å². The minimum Gasteiger partial charge on any atom is -0.497 e. The third-order valence-electron chi connectivity index (χ3n) is 2.25. The van der Waals surface area contributed by atoms with E-state index in [4.69, 9.17) is 32.7 Å². The van der Waals surface area contributed by atoms with Crippen LogP contribution in [-0.4, -0.2) is 45.3 Å². The highest BCUT2D eigenvalue weighted by Gasteiger charge is 2.12. The molecule has 5 nitrogen and oxygen atoms in total. The highest BCUT2D eigenvalue weighted by Crippen LogP contribution is 2.34. The summed E-state index contributed by atoms with van der Waals surface area (Å²) in [7, 11) is 5.28. The summed E-state index contributed by atoms with van der Waals surface area (Å²) in [6.45, 7) is 0.918. The van der Waals surface area contributed by atoms with Crippen LogP contribution < -0.4 is 10.1 Å². The van der Waals surface area contributed by atoms with Crippen molar-refractivity contribution in [2.45, 2.75) is 0 Å². The minimum absolute atomic E-state index is 0.282. The third kappa shape index (κ3) is 5.14. The molecule has 0 aliphatic heterocycles. The quantitative estimate of drug-likeness (QED) is 0.908. The first kappa shape index (κ1) is 15.9. The van der Waals surface area contributed by atoms with E-state index in [0.29, 0.717) is 18.0 Å². The smallest absolute Gasteiger partial charge is 0.411 e. The van der Waals surface area contributed by atoms with Crippen LogP contribution in [0.5, 0.6) is 5.75 Å². The van der Waals surface area contributed by atoms with Gasteiger partial charge in [0.25, 0.3) is 0 Å². The number of rotatable bonds is 5. The van der Waals surface area contributed by atoms with Crippen LogP contribution in [0.3, 0.4) is 0 Å². The average Bonchev–Trinajstić information content (AvgIpc) is 2.33. The molecule has 0 aromatic heterocycles. The van der Waals surface area contributed by atoms with Crippen molar-refractivity contribution in [2.75, 3.05) is 39.7 Å². The molecule has 19 heavy (non-hydrogen) atoms. The number of amides is 1. The Kier molecular flexibility index (Phi) is 6.21. The van der Waals surface area contributed by atoms with Gasteiger partial charge in [-0.3, -0.25) is 5.32 Å². The number of benzene rings is 1. The number of carbonyl (C=O) groups is 1. The number of carbonyl (C=O) groups excluding carboxylic acids is 1. The Hall–Kier alpha value is -1.17. The van der Waals surface area contributed by atoms with Gasteiger partial charge in [-0.1, -0.05) is 23.2 Å². The summed E-state index contributed by atoms with van der Waals surface area (Å²) in [5.74, 6) is 0.515. The first-order valence-electron chi connectivity index (χ1n) is 5.55. The van der Waals surface area contributed by atoms with Gasteiger partial charge < -0.3 is 14.4 Å². The normalized spacial score (nSPS) is 10.4. The lowest BCUT2D eigenvalue weighted by atomic mass is 10.3. The molecule has 106 valence electrons. The van der Waals surface area contributed by atoms with Gasteiger partial charge in [0.05, 0.1) is 22.8 Å². The van der Waals surface area contributed by atoms with Crippen molar-refractivity contribution in [3.05, 3.63) is 22.2 Å². The molecule has 1 amide bonds. The summed E-state index contributed by atoms with van der Waals surface area (Å²) in [6.07, 6.45) is -0.601. The Labute approximate surface area is 122 Å². The first-order chi connectivity index (χ1) is 8.93. The van der Waals surface area contributed by atoms with Gasteiger partial charge in [0, 0.05) is 18.7 Å². The summed E-state index contributed by atoms with van der Waals surface area (Å²) < 4.78 is 9.99. The van der Waals surface area contributed by atoms with Crippen molar-refractivity contribution < 1.29 is 14.3 Å². The molecule has 1 aromatic rings. The summed E-state index contributed by atoms with van der Waals surface area (Å²) in [5, 5.41) is 3.08. The lowest BCUT2D eigenvalue weighted by Gasteiger charge is -2.13. The Balaban J connectivity index is 2.64. The van der Waals surface area contributed by atoms with Crippen LogP contribution in [0.25, 0.3) is 0 Å². The van der Waals surface area contributed by atoms with Crippen LogP contribution in [0.15, 0.2) is 12.1 Å². The van der Waals surface area contributed by atoms with Gasteiger partial charge in [-0.25, -0.2) is 4.79 Å². The highest BCUT2D eigenvalue weighted by molar-refractivity contribution is 6.39. The van der Waals surface area contributed by atoms with Gasteiger partial charge >= 0.3 is 6.09 Å². The van der Waals surface area contributed by atoms with Gasteiger partial charge in [0.15, 0.2) is 0 Å². The van der Waals surface area contributed by atoms with E-state index in [-0.39, 0.29) is 16.7 Å². The lowest BCUT2D eigenvalue weighted by molar-refractivity contribution is 0.151. The fourth-order valence-corrected chi connectivity index (χ4v) is 1.81. The van der Waals surface area contributed by atoms with Crippen molar-refractivity contribution in [1.29, 1.82) is 0 Å². The number of methoxy groups -OCH3 is 1. The van der Waals surface area contributed by atoms with Crippen LogP contribution in [0.1, 0.15) is 0 Å². The van der Waals surface area contributed by atoms with E-state index < -0.39 is 6.09 Å². The summed E-state index contributed by atoms with van der Waals surface area (Å²) in [5.41, 5.74) is 0.305. The minimum atomic E-state index is -0.601. The van der Waals surface area contributed by atoms with Gasteiger partial charge in [-0.05, 0) is 14.1 Å². The molecule has 1 N–H and O–H groups in total. The molecule has 7 heteroatoms. The number of nitrogens with zero attached hydrogens (tertiary/aromatic N) is 1. The Morgan fingerprint density at radius 1 is 1.32 bits per heavy atom. The molecule has 1 rings (SSSR count). The number of likely N-dealkylation sites (N-methyl/N-ethyl adjacent to an activating group) is 1. The molecule has 0 aliphatic rings. The number of anilines is 1. The molecule has 0 aliphatic carbocycles. The average molecular weight is 307 g/mol. The van der Waals surface area contributed by atoms with E-state index in [0.717, 1.165) is 0 Å². The standard InChI is InChI=1S/C12H16Cl2N2O3/c1-16(2)4-5-19-12(17)15-11-9(13)6-8(18-3)7-10(11)14/h6-7H,4-5H2,1-3H3,(H,15,17). The molecule has 0 heterocycles. The Morgan fingerprint density at radius 3 is 2.37 bits per heavy atom. The predicted octanol–water partition coefficient (Wildman–Crippen LogP) is 3.11. The van der Waals surface area contributed by atoms with Crippen LogP contribution >= 0.6 is 23.2 Å². The Bertz CT molecular complexity index is 430. The van der Waals surface area contributed by atoms with Crippen molar-refractivity contribution >= 4 is 35.0 Å². The number of ether oxygens (including phenoxy) is 2. The van der Waals surface area contributed by atoms with E-state index >= 15 is 0 Å². The summed E-state index contributed by atoms with van der Waals surface area (Å²) in [4.78, 5) is 13.5. The molecular formula is C12H16Cl2N2O3. The van der Waals surface area contributed by atoms with Gasteiger partial charge in [0.2, 0.25) is 0 Å². The molecule has 0 radical (unpaired) electrons. The SMILES string of the molecule is COc1cc(Cl)c(NC(=O)OCCN(C)C)c(Cl)c1. The van der Waals surface area contributed by atoms with Gasteiger partial charge in [-0.2, -0.15) is 0 Å². The number of nitrogens with one attached hydrogen (secondary N) is 1. The largest absolute Gasteiger partial charge is 0.497 e. The maximum Gasteiger partial charge on any atom is 0.411 e. The number of halogens is 2. The van der Waals surface area contributed by atoms with Crippen LogP contribution in [0, 0.1) is 0 Å². The number of hydrogen-bond donors (Lipinski definition) is 1. The maximum absolute atomic E-state index is 11.6. The molecule has 0 saturated carbocycles. The topological polar surface area (TPSA) is 50.8 Å². The fraction of sp³-hybridized carbons (Fsp3) is 0.417. The Morgan fingerprint density at radius 2 is 1.89 bits per heavy atom. The van der Waals surface area contributed by atoms with Crippen LogP contribution in [0.2, 0.25) is 10.0 Å². The molecular weight excluding hydrogens is 291 g/mol. The van der Waals surface area contributed by atoms with Crippen molar-refractivity contribution in [3.8, 4) is 5.75 Å². The second kappa shape index (κ2) is 7.43. The van der Waals surface area contributed by atoms with Crippen LogP contribution in [-0.2, 0) is 4.74 Å². The molecule has 0 saturated heterocycles. The number of hydrogen-bond acceptors (Lipinski definition) is 4. The monoisotopic (exact) mass is 306 g/mol. The lowest BCUT2D eigenvalue weighted by Crippen LogP contribution is -2.22. The zero-order valence-electron chi connectivity index (χ0n) is 11.0. The molecule has 0 spiro atoms. The fourth-order valence-electron chi connectivity index (χ4n) is 1.25. The van der Waals surface area contributed by atoms with E-state index in [9.17, 15) is 4.79 Å². The van der Waals surface area contributed by atoms with Crippen molar-refractivity contribution in [1.82, 2.24) is 4.90 Å². The van der Waals surface area contributed by atoms with Crippen molar-refractivity contribution in [3.63, 3.8) is 0 Å². The molecule has 0 atom stereocenters.